The molecule has 12 atom stereocenters. The minimum atomic E-state index is -1.14. The smallest absolute Gasteiger partial charge is 0.0978 e. The first-order valence-electron chi connectivity index (χ1n) is 24.2. The van der Waals surface area contributed by atoms with Crippen LogP contribution in [0.5, 0.6) is 0 Å². The van der Waals surface area contributed by atoms with Crippen LogP contribution in [0.25, 0.3) is 0 Å². The van der Waals surface area contributed by atoms with E-state index in [2.05, 4.69) is 103 Å². The molecule has 7 fully saturated rings. The molecule has 0 aromatic carbocycles. The summed E-state index contributed by atoms with van der Waals surface area (Å²) in [4.78, 5) is 0. The molecule has 7 aliphatic rings. The average Bonchev–Trinajstić information content (AvgIpc) is 3.92. The van der Waals surface area contributed by atoms with Crippen molar-refractivity contribution in [1.82, 2.24) is 0 Å². The van der Waals surface area contributed by atoms with Gasteiger partial charge >= 0.3 is 0 Å². The van der Waals surface area contributed by atoms with E-state index in [0.717, 1.165) is 34.0 Å². The molecule has 0 saturated carbocycles. The maximum absolute atomic E-state index is 5.86. The van der Waals surface area contributed by atoms with E-state index >= 15 is 0 Å². The highest BCUT2D eigenvalue weighted by molar-refractivity contribution is 8.55. The Kier molecular flexibility index (Phi) is 20.6. The lowest BCUT2D eigenvalue weighted by atomic mass is 10.1. The van der Waals surface area contributed by atoms with Gasteiger partial charge in [0.15, 0.2) is 0 Å². The molecule has 7 heterocycles. The molecule has 0 nitrogen and oxygen atoms in total. The molecule has 59 heavy (non-hydrogen) atoms. The predicted octanol–water partition coefficient (Wildman–Crippen LogP) is 18.3. The zero-order valence-electron chi connectivity index (χ0n) is 41.3. The molecule has 7 aliphatic heterocycles. The van der Waals surface area contributed by atoms with Crippen LogP contribution < -0.4 is 0 Å². The van der Waals surface area contributed by atoms with E-state index in [1.165, 1.54) is 114 Å². The van der Waals surface area contributed by atoms with Gasteiger partial charge in [-0.2, -0.15) is 0 Å². The second-order valence-electron chi connectivity index (χ2n) is 24.7. The Morgan fingerprint density at radius 2 is 0.881 bits per heavy atom. The molecule has 0 amide bonds. The molecule has 0 aliphatic carbocycles. The molecule has 0 aromatic rings. The summed E-state index contributed by atoms with van der Waals surface area (Å²) in [6.07, 6.45) is 31.8. The van der Waals surface area contributed by atoms with Gasteiger partial charge in [-0.1, -0.05) is 81.0 Å². The summed E-state index contributed by atoms with van der Waals surface area (Å²) in [6, 6.07) is -1.68. The zero-order valence-corrected chi connectivity index (χ0v) is 51.9. The van der Waals surface area contributed by atoms with Crippen LogP contribution in [-0.4, -0.2) is 124 Å². The molecule has 3 unspecified atom stereocenters. The van der Waals surface area contributed by atoms with Crippen molar-refractivity contribution in [3.05, 3.63) is 0 Å². The van der Waals surface area contributed by atoms with Gasteiger partial charge in [0.25, 0.3) is 0 Å². The van der Waals surface area contributed by atoms with Gasteiger partial charge < -0.3 is 0 Å². The van der Waals surface area contributed by atoms with Crippen LogP contribution in [0, 0.1) is 0 Å². The topological polar surface area (TPSA) is 0 Å². The van der Waals surface area contributed by atoms with Crippen molar-refractivity contribution in [3.8, 4) is 0 Å². The predicted molar refractivity (Wildman–Crippen MR) is 313 cm³/mol. The van der Waals surface area contributed by atoms with E-state index in [-0.39, 0.29) is 15.8 Å². The SMILES string of the molecule is CC(C)(C)[P+]1(S)CCC[C@@H]1[C@H]1CCC[P+]1(S)C(C)(C)C.CC(C)(C)[P@]1CCC[C@@H]1[C@H]1CCC[P@]1C(C)(C)C.CP1(=S)CCCC1.C[P@@]1(=S)CCC[C@@H]1[C@H]1CCC[P+]1(C)S. The normalized spacial score (nSPS) is 42.5. The van der Waals surface area contributed by atoms with Gasteiger partial charge in [0, 0.05) is 42.4 Å². The van der Waals surface area contributed by atoms with E-state index < -0.39 is 31.5 Å². The molecule has 12 heteroatoms. The van der Waals surface area contributed by atoms with E-state index in [9.17, 15) is 0 Å². The second-order valence-corrected chi connectivity index (χ2v) is 62.4. The summed E-state index contributed by atoms with van der Waals surface area (Å²) in [6.45, 7) is 33.7. The average molecular weight is 1040 g/mol. The standard InChI is InChI=1S/C16H34P2S2.C16H32P2.C10H21P2S2.C5H11PS/c1-15(2,3)17(19)11-7-9-13(17)14-10-8-12-18(14,20)16(4,5)6;1-15(2,3)17-11-7-9-13(17)14-10-8-12-18(14)16(4,5)6;1-11(13)7-3-5-9(11)10-6-4-8-12(10,2)14;1-6(7)4-2-3-5-6/h13-14,19-20H,7-12H2,1-6H3;13-14H,7-12H2,1-6H3;9-10,13H,3-8H2,1-2H3;2-5H2,1H3/q+2;;+1;/t13-,14-,17?,18?;13-,14-,17-,18+;9-,10-,11?,12-;/m111./s1. The van der Waals surface area contributed by atoms with Crippen LogP contribution in [0.4, 0.5) is 0 Å². The molecule has 7 rings (SSSR count). The lowest BCUT2D eigenvalue weighted by molar-refractivity contribution is 0.669. The summed E-state index contributed by atoms with van der Waals surface area (Å²) in [5.74, 6) is 0. The van der Waals surface area contributed by atoms with Gasteiger partial charge in [0.2, 0.25) is 0 Å². The monoisotopic (exact) mass is 1040 g/mol. The van der Waals surface area contributed by atoms with Crippen molar-refractivity contribution in [1.29, 1.82) is 0 Å². The van der Waals surface area contributed by atoms with Gasteiger partial charge in [-0.3, -0.25) is 0 Å². The Bertz CT molecular complexity index is 1380. The largest absolute Gasteiger partial charge is 0.117 e. The van der Waals surface area contributed by atoms with Gasteiger partial charge in [-0.15, -0.1) is 0 Å². The van der Waals surface area contributed by atoms with Crippen LogP contribution in [0.2, 0.25) is 0 Å². The van der Waals surface area contributed by atoms with Crippen molar-refractivity contribution in [2.75, 3.05) is 69.3 Å². The van der Waals surface area contributed by atoms with Crippen LogP contribution in [0.3, 0.4) is 0 Å². The van der Waals surface area contributed by atoms with Gasteiger partial charge in [-0.05, 0) is 209 Å². The van der Waals surface area contributed by atoms with E-state index in [1.807, 2.05) is 0 Å². The molecule has 7 saturated heterocycles. The summed E-state index contributed by atoms with van der Waals surface area (Å²) in [5.41, 5.74) is 5.86. The molecule has 0 radical (unpaired) electrons. The molecule has 348 valence electrons. The van der Waals surface area contributed by atoms with Crippen molar-refractivity contribution in [2.24, 2.45) is 0 Å². The molecule has 0 N–H and O–H groups in total. The third-order valence-corrected chi connectivity index (χ3v) is 54.4. The lowest BCUT2D eigenvalue weighted by Crippen LogP contribution is -2.35. The number of hydrogen-bond acceptors (Lipinski definition) is 5. The minimum Gasteiger partial charge on any atom is -0.0978 e. The van der Waals surface area contributed by atoms with E-state index in [4.69, 9.17) is 60.4 Å². The molecule has 0 aromatic heterocycles. The Morgan fingerprint density at radius 3 is 1.17 bits per heavy atom. The lowest BCUT2D eigenvalue weighted by Gasteiger charge is -2.42. The van der Waals surface area contributed by atoms with Crippen molar-refractivity contribution < 1.29 is 0 Å². The fourth-order valence-corrected chi connectivity index (χ4v) is 46.4. The maximum atomic E-state index is 5.86. The first-order valence-corrected chi connectivity index (χ1v) is 44.6. The van der Waals surface area contributed by atoms with Crippen molar-refractivity contribution >= 4 is 108 Å². The second kappa shape index (κ2) is 21.6. The molecular weight excluding hydrogens is 942 g/mol. The third-order valence-electron chi connectivity index (χ3n) is 16.2. The van der Waals surface area contributed by atoms with Crippen molar-refractivity contribution in [2.45, 2.75) is 228 Å². The molecular formula is C47H98P7S5+3. The first-order chi connectivity index (χ1) is 26.8. The third kappa shape index (κ3) is 14.1. The Morgan fingerprint density at radius 1 is 0.492 bits per heavy atom. The highest BCUT2D eigenvalue weighted by atomic mass is 32.7. The first kappa shape index (κ1) is 56.1. The fourth-order valence-electron chi connectivity index (χ4n) is 12.8. The number of rotatable bonds is 3. The van der Waals surface area contributed by atoms with Crippen LogP contribution >= 0.6 is 84.1 Å². The van der Waals surface area contributed by atoms with E-state index in [0.29, 0.717) is 20.6 Å². The van der Waals surface area contributed by atoms with Crippen LogP contribution in [0.15, 0.2) is 0 Å². The van der Waals surface area contributed by atoms with Crippen LogP contribution in [-0.2, 0) is 23.6 Å². The summed E-state index contributed by atoms with van der Waals surface area (Å²) >= 11 is 27.0. The van der Waals surface area contributed by atoms with Gasteiger partial charge in [-0.25, -0.2) is 0 Å². The number of thiol groups is 3. The molecule has 0 spiro atoms. The van der Waals surface area contributed by atoms with Gasteiger partial charge in [0.1, 0.15) is 11.3 Å². The van der Waals surface area contributed by atoms with Crippen molar-refractivity contribution in [3.63, 3.8) is 0 Å². The summed E-state index contributed by atoms with van der Waals surface area (Å²) in [7, 11) is 0.564. The van der Waals surface area contributed by atoms with E-state index in [1.54, 1.807) is 25.2 Å². The number of hydrogen-bond donors (Lipinski definition) is 3. The Balaban J connectivity index is 0.000000182. The molecule has 0 bridgehead atoms. The maximum Gasteiger partial charge on any atom is 0.117 e. The highest BCUT2D eigenvalue weighted by Crippen LogP contribution is 2.89. The highest BCUT2D eigenvalue weighted by Gasteiger charge is 2.68. The minimum absolute atomic E-state index is 0.282. The summed E-state index contributed by atoms with van der Waals surface area (Å²) < 4.78 is 0. The Hall–Kier alpha value is 4.50. The zero-order chi connectivity index (χ0) is 44.7. The Labute approximate surface area is 401 Å². The van der Waals surface area contributed by atoms with Gasteiger partial charge in [0.05, 0.1) is 60.5 Å². The quantitative estimate of drug-likeness (QED) is 0.190. The fraction of sp³-hybridized carbons (Fsp3) is 1.00. The summed E-state index contributed by atoms with van der Waals surface area (Å²) in [5, 5.41) is 1.99. The van der Waals surface area contributed by atoms with Crippen LogP contribution in [0.1, 0.15) is 173 Å².